The summed E-state index contributed by atoms with van der Waals surface area (Å²) in [5, 5.41) is 14.0. The lowest BCUT2D eigenvalue weighted by atomic mass is 9.84. The number of nitrogens with zero attached hydrogens (tertiary/aromatic N) is 1. The van der Waals surface area contributed by atoms with Crippen LogP contribution in [0.4, 0.5) is 5.69 Å². The Morgan fingerprint density at radius 1 is 1.56 bits per heavy atom. The summed E-state index contributed by atoms with van der Waals surface area (Å²) in [6.45, 7) is 3.34. The average Bonchev–Trinajstić information content (AvgIpc) is 2.34. The molecule has 18 heavy (non-hydrogen) atoms. The van der Waals surface area contributed by atoms with E-state index in [1.807, 2.05) is 24.3 Å². The average molecular weight is 269 g/mol. The Kier molecular flexibility index (Phi) is 4.15. The summed E-state index contributed by atoms with van der Waals surface area (Å²) in [5.41, 5.74) is 0.754. The van der Waals surface area contributed by atoms with Crippen LogP contribution in [0.5, 0.6) is 0 Å². The number of nitrogens with one attached hydrogen (secondary N) is 1. The van der Waals surface area contributed by atoms with Gasteiger partial charge in [-0.25, -0.2) is 0 Å². The Bertz CT molecular complexity index is 413. The topological polar surface area (TPSA) is 35.5 Å². The first kappa shape index (κ1) is 13.7. The van der Waals surface area contributed by atoms with Crippen molar-refractivity contribution in [1.82, 2.24) is 4.90 Å². The number of piperidine rings is 1. The van der Waals surface area contributed by atoms with Crippen LogP contribution in [0.25, 0.3) is 0 Å². The lowest BCUT2D eigenvalue weighted by molar-refractivity contribution is 0.0969. The minimum Gasteiger partial charge on any atom is -0.394 e. The van der Waals surface area contributed by atoms with Crippen LogP contribution in [0, 0.1) is 0 Å². The Hall–Kier alpha value is -0.770. The number of aliphatic hydroxyl groups is 1. The van der Waals surface area contributed by atoms with Gasteiger partial charge in [0.25, 0.3) is 0 Å². The summed E-state index contributed by atoms with van der Waals surface area (Å²) in [7, 11) is 2.13. The molecule has 0 aromatic heterocycles. The number of aliphatic hydroxyl groups excluding tert-OH is 1. The molecule has 0 amide bonds. The predicted octanol–water partition coefficient (Wildman–Crippen LogP) is 2.60. The molecule has 1 saturated heterocycles. The van der Waals surface area contributed by atoms with E-state index in [0.29, 0.717) is 11.1 Å². The smallest absolute Gasteiger partial charge is 0.0662 e. The molecule has 4 heteroatoms. The molecule has 3 nitrogen and oxygen atoms in total. The highest BCUT2D eigenvalue weighted by Crippen LogP contribution is 2.30. The molecule has 1 aromatic carbocycles. The van der Waals surface area contributed by atoms with Crippen molar-refractivity contribution in [3.05, 3.63) is 29.3 Å². The van der Waals surface area contributed by atoms with Crippen LogP contribution in [-0.4, -0.2) is 41.8 Å². The second-order valence-electron chi connectivity index (χ2n) is 5.36. The van der Waals surface area contributed by atoms with E-state index in [1.54, 1.807) is 0 Å². The van der Waals surface area contributed by atoms with E-state index in [1.165, 1.54) is 0 Å². The van der Waals surface area contributed by atoms with E-state index in [-0.39, 0.29) is 12.1 Å². The molecule has 2 unspecified atom stereocenters. The summed E-state index contributed by atoms with van der Waals surface area (Å²) >= 11 is 5.99. The third-order valence-electron chi connectivity index (χ3n) is 3.92. The van der Waals surface area contributed by atoms with E-state index in [0.717, 1.165) is 25.1 Å². The minimum absolute atomic E-state index is 0.150. The highest BCUT2D eigenvalue weighted by molar-refractivity contribution is 6.30. The minimum atomic E-state index is -0.226. The maximum absolute atomic E-state index is 9.76. The molecular weight excluding hydrogens is 248 g/mol. The van der Waals surface area contributed by atoms with Crippen LogP contribution in [-0.2, 0) is 0 Å². The first-order valence-electron chi connectivity index (χ1n) is 6.39. The zero-order chi connectivity index (χ0) is 13.2. The van der Waals surface area contributed by atoms with E-state index < -0.39 is 0 Å². The van der Waals surface area contributed by atoms with Crippen molar-refractivity contribution in [3.8, 4) is 0 Å². The van der Waals surface area contributed by atoms with Gasteiger partial charge < -0.3 is 15.3 Å². The SMILES string of the molecule is CC1CC(CO)(Nc2cccc(Cl)c2)CCN1C. The normalized spacial score (nSPS) is 29.2. The lowest BCUT2D eigenvalue weighted by Gasteiger charge is -2.44. The van der Waals surface area contributed by atoms with Gasteiger partial charge in [0, 0.05) is 23.3 Å². The fourth-order valence-corrected chi connectivity index (χ4v) is 2.79. The molecule has 1 heterocycles. The molecule has 1 aliphatic heterocycles. The number of halogens is 1. The highest BCUT2D eigenvalue weighted by atomic mass is 35.5. The van der Waals surface area contributed by atoms with Gasteiger partial charge in [-0.3, -0.25) is 0 Å². The van der Waals surface area contributed by atoms with Crippen molar-refractivity contribution in [2.45, 2.75) is 31.3 Å². The van der Waals surface area contributed by atoms with Crippen molar-refractivity contribution in [3.63, 3.8) is 0 Å². The summed E-state index contributed by atoms with van der Waals surface area (Å²) < 4.78 is 0. The fraction of sp³-hybridized carbons (Fsp3) is 0.571. The molecule has 0 radical (unpaired) electrons. The van der Waals surface area contributed by atoms with Crippen LogP contribution in [0.2, 0.25) is 5.02 Å². The molecule has 2 rings (SSSR count). The fourth-order valence-electron chi connectivity index (χ4n) is 2.60. The van der Waals surface area contributed by atoms with E-state index in [2.05, 4.69) is 24.2 Å². The van der Waals surface area contributed by atoms with Crippen LogP contribution >= 0.6 is 11.6 Å². The molecule has 1 aromatic rings. The number of rotatable bonds is 3. The molecule has 100 valence electrons. The maximum atomic E-state index is 9.76. The van der Waals surface area contributed by atoms with E-state index in [4.69, 9.17) is 11.6 Å². The third-order valence-corrected chi connectivity index (χ3v) is 4.15. The Balaban J connectivity index is 2.13. The van der Waals surface area contributed by atoms with Crippen molar-refractivity contribution in [1.29, 1.82) is 0 Å². The molecular formula is C14H21ClN2O. The lowest BCUT2D eigenvalue weighted by Crippen LogP contribution is -2.54. The van der Waals surface area contributed by atoms with Crippen LogP contribution in [0.1, 0.15) is 19.8 Å². The van der Waals surface area contributed by atoms with Gasteiger partial charge >= 0.3 is 0 Å². The number of hydrogen-bond donors (Lipinski definition) is 2. The molecule has 2 atom stereocenters. The molecule has 1 aliphatic rings. The van der Waals surface area contributed by atoms with Gasteiger partial charge in [-0.2, -0.15) is 0 Å². The van der Waals surface area contributed by atoms with Crippen molar-refractivity contribution in [2.24, 2.45) is 0 Å². The quantitative estimate of drug-likeness (QED) is 0.885. The van der Waals surface area contributed by atoms with Gasteiger partial charge in [0.1, 0.15) is 0 Å². The molecule has 0 aliphatic carbocycles. The number of likely N-dealkylation sites (tertiary alicyclic amines) is 1. The standard InChI is InChI=1S/C14H21ClN2O/c1-11-9-14(10-18,6-7-17(11)2)16-13-5-3-4-12(15)8-13/h3-5,8,11,16,18H,6-7,9-10H2,1-2H3. The van der Waals surface area contributed by atoms with Crippen molar-refractivity contribution >= 4 is 17.3 Å². The largest absolute Gasteiger partial charge is 0.394 e. The van der Waals surface area contributed by atoms with Crippen molar-refractivity contribution < 1.29 is 5.11 Å². The first-order chi connectivity index (χ1) is 8.54. The monoisotopic (exact) mass is 268 g/mol. The summed E-state index contributed by atoms with van der Waals surface area (Å²) in [6.07, 6.45) is 1.88. The third kappa shape index (κ3) is 2.97. The number of anilines is 1. The summed E-state index contributed by atoms with van der Waals surface area (Å²) in [5.74, 6) is 0. The molecule has 2 N–H and O–H groups in total. The maximum Gasteiger partial charge on any atom is 0.0662 e. The molecule has 0 saturated carbocycles. The zero-order valence-electron chi connectivity index (χ0n) is 11.0. The molecule has 0 bridgehead atoms. The summed E-state index contributed by atoms with van der Waals surface area (Å²) in [6, 6.07) is 8.15. The number of hydrogen-bond acceptors (Lipinski definition) is 3. The first-order valence-corrected chi connectivity index (χ1v) is 6.77. The van der Waals surface area contributed by atoms with Crippen LogP contribution in [0.15, 0.2) is 24.3 Å². The predicted molar refractivity (Wildman–Crippen MR) is 76.2 cm³/mol. The Labute approximate surface area is 114 Å². The summed E-state index contributed by atoms with van der Waals surface area (Å²) in [4.78, 5) is 2.33. The van der Waals surface area contributed by atoms with E-state index >= 15 is 0 Å². The van der Waals surface area contributed by atoms with Gasteiger partial charge in [-0.15, -0.1) is 0 Å². The van der Waals surface area contributed by atoms with Gasteiger partial charge in [-0.1, -0.05) is 17.7 Å². The highest BCUT2D eigenvalue weighted by Gasteiger charge is 2.36. The van der Waals surface area contributed by atoms with E-state index in [9.17, 15) is 5.11 Å². The second-order valence-corrected chi connectivity index (χ2v) is 5.79. The van der Waals surface area contributed by atoms with Crippen LogP contribution in [0.3, 0.4) is 0 Å². The Morgan fingerprint density at radius 3 is 2.94 bits per heavy atom. The zero-order valence-corrected chi connectivity index (χ0v) is 11.7. The van der Waals surface area contributed by atoms with Gasteiger partial charge in [-0.05, 0) is 45.0 Å². The van der Waals surface area contributed by atoms with Gasteiger partial charge in [0.15, 0.2) is 0 Å². The van der Waals surface area contributed by atoms with Gasteiger partial charge in [0.05, 0.1) is 12.1 Å². The van der Waals surface area contributed by atoms with Gasteiger partial charge in [0.2, 0.25) is 0 Å². The molecule has 1 fully saturated rings. The van der Waals surface area contributed by atoms with Crippen LogP contribution < -0.4 is 5.32 Å². The molecule has 0 spiro atoms. The second kappa shape index (κ2) is 5.47. The number of benzene rings is 1. The van der Waals surface area contributed by atoms with Crippen molar-refractivity contribution in [2.75, 3.05) is 25.5 Å². The Morgan fingerprint density at radius 2 is 2.33 bits per heavy atom.